The molecule has 12 rings (SSSR count). The summed E-state index contributed by atoms with van der Waals surface area (Å²) in [6.45, 7) is 0. The zero-order valence-corrected chi connectivity index (χ0v) is 31.0. The molecule has 3 aromatic heterocycles. The molecule has 4 heteroatoms. The molecule has 0 bridgehead atoms. The fraction of sp³-hybridized carbons (Fsp3) is 0. The van der Waals surface area contributed by atoms with Crippen molar-refractivity contribution < 1.29 is 4.42 Å². The van der Waals surface area contributed by atoms with Gasteiger partial charge in [0.25, 0.3) is 0 Å². The zero-order chi connectivity index (χ0) is 36.7. The van der Waals surface area contributed by atoms with Gasteiger partial charge in [-0.05, 0) is 71.6 Å². The van der Waals surface area contributed by atoms with Crippen LogP contribution in [0.2, 0.25) is 0 Å². The Morgan fingerprint density at radius 1 is 0.393 bits per heavy atom. The lowest BCUT2D eigenvalue weighted by Gasteiger charge is -2.31. The van der Waals surface area contributed by atoms with Crippen LogP contribution in [0.3, 0.4) is 0 Å². The van der Waals surface area contributed by atoms with Crippen molar-refractivity contribution in [3.63, 3.8) is 0 Å². The van der Waals surface area contributed by atoms with Gasteiger partial charge < -0.3 is 13.9 Å². The van der Waals surface area contributed by atoms with Gasteiger partial charge in [-0.1, -0.05) is 133 Å². The summed E-state index contributed by atoms with van der Waals surface area (Å²) in [6.07, 6.45) is 0. The third-order valence-corrected chi connectivity index (χ3v) is 12.5. The number of thiophene rings is 1. The first-order chi connectivity index (χ1) is 27.8. The highest BCUT2D eigenvalue weighted by molar-refractivity contribution is 7.26. The number of fused-ring (bicyclic) bond motifs is 11. The van der Waals surface area contributed by atoms with E-state index in [0.717, 1.165) is 61.2 Å². The quantitative estimate of drug-likeness (QED) is 0.176. The molecule has 0 spiro atoms. The summed E-state index contributed by atoms with van der Waals surface area (Å²) in [6, 6.07) is 70.3. The summed E-state index contributed by atoms with van der Waals surface area (Å²) >= 11 is 1.85. The molecule has 9 aromatic carbocycles. The average molecular weight is 733 g/mol. The van der Waals surface area contributed by atoms with E-state index in [1.807, 2.05) is 11.3 Å². The van der Waals surface area contributed by atoms with Gasteiger partial charge in [-0.2, -0.15) is 0 Å². The van der Waals surface area contributed by atoms with E-state index in [1.54, 1.807) is 0 Å². The predicted molar refractivity (Wildman–Crippen MR) is 239 cm³/mol. The molecule has 0 saturated carbocycles. The SMILES string of the molecule is c1ccc(N(c2ccccc2-n2c3ccccc3c3ccccc32)c2cccc3sc4ccccc4c23)c(-c2cccc3oc4c5ccccc5ccc4c23)c1. The predicted octanol–water partition coefficient (Wildman–Crippen LogP) is 15.3. The Bertz CT molecular complexity index is 3460. The first-order valence-electron chi connectivity index (χ1n) is 19.0. The van der Waals surface area contributed by atoms with E-state index in [9.17, 15) is 0 Å². The molecule has 0 aliphatic heterocycles. The van der Waals surface area contributed by atoms with Crippen molar-refractivity contribution in [2.24, 2.45) is 0 Å². The second kappa shape index (κ2) is 12.2. The van der Waals surface area contributed by atoms with Crippen molar-refractivity contribution in [3.8, 4) is 16.8 Å². The molecule has 3 heterocycles. The first kappa shape index (κ1) is 31.2. The third kappa shape index (κ3) is 4.51. The van der Waals surface area contributed by atoms with Gasteiger partial charge in [0, 0.05) is 52.7 Å². The smallest absolute Gasteiger partial charge is 0.143 e. The number of anilines is 3. The molecule has 3 nitrogen and oxygen atoms in total. The summed E-state index contributed by atoms with van der Waals surface area (Å²) in [5.74, 6) is 0. The molecule has 262 valence electrons. The number of furan rings is 1. The van der Waals surface area contributed by atoms with E-state index in [2.05, 4.69) is 204 Å². The van der Waals surface area contributed by atoms with E-state index in [4.69, 9.17) is 4.42 Å². The number of benzene rings is 9. The van der Waals surface area contributed by atoms with Gasteiger partial charge in [-0.15, -0.1) is 11.3 Å². The van der Waals surface area contributed by atoms with Gasteiger partial charge in [0.1, 0.15) is 11.2 Å². The van der Waals surface area contributed by atoms with E-state index in [-0.39, 0.29) is 0 Å². The van der Waals surface area contributed by atoms with Crippen LogP contribution in [0.5, 0.6) is 0 Å². The lowest BCUT2D eigenvalue weighted by molar-refractivity contribution is 0.673. The molecule has 0 N–H and O–H groups in total. The Labute approximate surface area is 326 Å². The Hall–Kier alpha value is -7.14. The van der Waals surface area contributed by atoms with Crippen LogP contribution in [0.25, 0.3) is 91.5 Å². The standard InChI is InChI=1S/C52H32N2OS/c1-2-16-34-33(15-1)31-32-40-50-38(21-13-28-47(50)55-52(34)40)37-19-5-9-24-43(37)54(46-27-14-30-49-51(46)39-20-6-12-29-48(39)56-49)45-26-11-10-25-44(45)53-41-22-7-3-17-35(41)36-18-4-8-23-42(36)53/h1-32H. The lowest BCUT2D eigenvalue weighted by Crippen LogP contribution is -2.14. The highest BCUT2D eigenvalue weighted by Gasteiger charge is 2.26. The molecule has 0 fully saturated rings. The minimum atomic E-state index is 0.881. The van der Waals surface area contributed by atoms with Gasteiger partial charge in [0.2, 0.25) is 0 Å². The molecule has 0 atom stereocenters. The van der Waals surface area contributed by atoms with Crippen molar-refractivity contribution in [1.29, 1.82) is 0 Å². The van der Waals surface area contributed by atoms with E-state index in [0.29, 0.717) is 0 Å². The second-order valence-corrected chi connectivity index (χ2v) is 15.5. The van der Waals surface area contributed by atoms with Crippen LogP contribution in [0.15, 0.2) is 199 Å². The van der Waals surface area contributed by atoms with Gasteiger partial charge in [-0.25, -0.2) is 0 Å². The average Bonchev–Trinajstić information content (AvgIpc) is 3.94. The summed E-state index contributed by atoms with van der Waals surface area (Å²) in [7, 11) is 0. The highest BCUT2D eigenvalue weighted by atomic mass is 32.1. The summed E-state index contributed by atoms with van der Waals surface area (Å²) < 4.78 is 11.7. The molecule has 0 aliphatic carbocycles. The van der Waals surface area contributed by atoms with Crippen LogP contribution in [-0.2, 0) is 0 Å². The Morgan fingerprint density at radius 3 is 1.84 bits per heavy atom. The fourth-order valence-corrected chi connectivity index (χ4v) is 10.2. The van der Waals surface area contributed by atoms with Gasteiger partial charge >= 0.3 is 0 Å². The van der Waals surface area contributed by atoms with E-state index < -0.39 is 0 Å². The maximum absolute atomic E-state index is 6.73. The van der Waals surface area contributed by atoms with Crippen molar-refractivity contribution in [2.75, 3.05) is 4.90 Å². The van der Waals surface area contributed by atoms with E-state index in [1.165, 1.54) is 47.4 Å². The fourth-order valence-electron chi connectivity index (χ4n) is 9.03. The summed E-state index contributed by atoms with van der Waals surface area (Å²) in [5, 5.41) is 9.52. The minimum Gasteiger partial charge on any atom is -0.455 e. The zero-order valence-electron chi connectivity index (χ0n) is 30.2. The van der Waals surface area contributed by atoms with E-state index >= 15 is 0 Å². The molecule has 0 amide bonds. The first-order valence-corrected chi connectivity index (χ1v) is 19.8. The normalized spacial score (nSPS) is 11.9. The van der Waals surface area contributed by atoms with Crippen molar-refractivity contribution in [2.45, 2.75) is 0 Å². The third-order valence-electron chi connectivity index (χ3n) is 11.4. The van der Waals surface area contributed by atoms with Crippen molar-refractivity contribution >= 4 is 103 Å². The van der Waals surface area contributed by atoms with Crippen molar-refractivity contribution in [1.82, 2.24) is 4.57 Å². The summed E-state index contributed by atoms with van der Waals surface area (Å²) in [5.41, 5.74) is 10.8. The molecule has 12 aromatic rings. The molecule has 0 saturated heterocycles. The number of hydrogen-bond donors (Lipinski definition) is 0. The Balaban J connectivity index is 1.20. The number of rotatable bonds is 5. The van der Waals surface area contributed by atoms with Gasteiger partial charge in [-0.3, -0.25) is 0 Å². The van der Waals surface area contributed by atoms with Crippen LogP contribution >= 0.6 is 11.3 Å². The molecular formula is C52H32N2OS. The van der Waals surface area contributed by atoms with Crippen LogP contribution in [0.4, 0.5) is 17.1 Å². The Kier molecular flexibility index (Phi) is 6.80. The topological polar surface area (TPSA) is 21.3 Å². The maximum Gasteiger partial charge on any atom is 0.143 e. The van der Waals surface area contributed by atoms with Crippen LogP contribution in [0, 0.1) is 0 Å². The molecule has 0 unspecified atom stereocenters. The van der Waals surface area contributed by atoms with Crippen molar-refractivity contribution in [3.05, 3.63) is 194 Å². The summed E-state index contributed by atoms with van der Waals surface area (Å²) in [4.78, 5) is 2.51. The Morgan fingerprint density at radius 2 is 1.00 bits per heavy atom. The number of hydrogen-bond acceptors (Lipinski definition) is 3. The minimum absolute atomic E-state index is 0.881. The van der Waals surface area contributed by atoms with Gasteiger partial charge in [0.15, 0.2) is 0 Å². The monoisotopic (exact) mass is 732 g/mol. The largest absolute Gasteiger partial charge is 0.455 e. The van der Waals surface area contributed by atoms with Gasteiger partial charge in [0.05, 0.1) is 33.8 Å². The molecule has 0 radical (unpaired) electrons. The lowest BCUT2D eigenvalue weighted by atomic mass is 9.96. The molecule has 0 aliphatic rings. The van der Waals surface area contributed by atoms with Crippen LogP contribution in [0.1, 0.15) is 0 Å². The number of aromatic nitrogens is 1. The maximum atomic E-state index is 6.73. The second-order valence-electron chi connectivity index (χ2n) is 14.4. The molecule has 56 heavy (non-hydrogen) atoms. The molecular weight excluding hydrogens is 701 g/mol. The van der Waals surface area contributed by atoms with Crippen LogP contribution < -0.4 is 4.90 Å². The number of nitrogens with zero attached hydrogens (tertiary/aromatic N) is 2. The highest BCUT2D eigenvalue weighted by Crippen LogP contribution is 2.50. The van der Waals surface area contributed by atoms with Crippen LogP contribution in [-0.4, -0.2) is 4.57 Å². The number of para-hydroxylation sites is 5.